The summed E-state index contributed by atoms with van der Waals surface area (Å²) in [5, 5.41) is 0.799. The third kappa shape index (κ3) is 2.50. The SMILES string of the molecule is [CH2]C(=O)c1coc2cc(OCC3CCCC3)ccc12. The van der Waals surface area contributed by atoms with Gasteiger partial charge < -0.3 is 9.15 Å². The molecule has 0 bridgehead atoms. The molecule has 99 valence electrons. The lowest BCUT2D eigenvalue weighted by atomic mass is 10.1. The van der Waals surface area contributed by atoms with Gasteiger partial charge in [-0.1, -0.05) is 12.8 Å². The van der Waals surface area contributed by atoms with E-state index < -0.39 is 0 Å². The van der Waals surface area contributed by atoms with Crippen LogP contribution in [0.5, 0.6) is 5.75 Å². The lowest BCUT2D eigenvalue weighted by molar-refractivity contribution is 0.104. The topological polar surface area (TPSA) is 39.4 Å². The maximum Gasteiger partial charge on any atom is 0.167 e. The first-order chi connectivity index (χ1) is 9.24. The average Bonchev–Trinajstić information content (AvgIpc) is 3.05. The average molecular weight is 257 g/mol. The van der Waals surface area contributed by atoms with Crippen molar-refractivity contribution in [3.8, 4) is 5.75 Å². The fraction of sp³-hybridized carbons (Fsp3) is 0.375. The largest absolute Gasteiger partial charge is 0.493 e. The third-order valence-electron chi connectivity index (χ3n) is 3.81. The number of ketones is 1. The van der Waals surface area contributed by atoms with Crippen LogP contribution in [0.2, 0.25) is 0 Å². The molecule has 1 saturated carbocycles. The molecule has 1 aromatic heterocycles. The van der Waals surface area contributed by atoms with Gasteiger partial charge in [-0.3, -0.25) is 4.79 Å². The van der Waals surface area contributed by atoms with Crippen LogP contribution in [0.25, 0.3) is 11.0 Å². The minimum Gasteiger partial charge on any atom is -0.493 e. The van der Waals surface area contributed by atoms with Crippen LogP contribution in [-0.4, -0.2) is 12.4 Å². The Morgan fingerprint density at radius 1 is 1.37 bits per heavy atom. The molecule has 1 aliphatic carbocycles. The van der Waals surface area contributed by atoms with Crippen molar-refractivity contribution in [2.24, 2.45) is 5.92 Å². The number of rotatable bonds is 4. The Bertz CT molecular complexity index is 591. The van der Waals surface area contributed by atoms with Crippen LogP contribution in [0.3, 0.4) is 0 Å². The molecule has 0 aliphatic heterocycles. The Labute approximate surface area is 112 Å². The molecule has 3 nitrogen and oxygen atoms in total. The van der Waals surface area contributed by atoms with Crippen molar-refractivity contribution < 1.29 is 13.9 Å². The molecule has 3 heteroatoms. The van der Waals surface area contributed by atoms with Gasteiger partial charge in [0.1, 0.15) is 17.6 Å². The Morgan fingerprint density at radius 2 is 2.16 bits per heavy atom. The molecule has 0 amide bonds. The minimum atomic E-state index is -0.224. The van der Waals surface area contributed by atoms with Gasteiger partial charge >= 0.3 is 0 Å². The smallest absolute Gasteiger partial charge is 0.167 e. The maximum absolute atomic E-state index is 11.3. The summed E-state index contributed by atoms with van der Waals surface area (Å²) in [6, 6.07) is 5.59. The van der Waals surface area contributed by atoms with Crippen LogP contribution in [0.1, 0.15) is 36.0 Å². The summed E-state index contributed by atoms with van der Waals surface area (Å²) in [6.07, 6.45) is 6.63. The van der Waals surface area contributed by atoms with Gasteiger partial charge in [-0.05, 0) is 30.9 Å². The molecule has 0 N–H and O–H groups in total. The van der Waals surface area contributed by atoms with Gasteiger partial charge in [-0.2, -0.15) is 0 Å². The predicted octanol–water partition coefficient (Wildman–Crippen LogP) is 4.02. The standard InChI is InChI=1S/C16H17O3/c1-11(17)15-10-19-16-8-13(6-7-14(15)16)18-9-12-4-2-3-5-12/h6-8,10,12H,1-5,9H2. The summed E-state index contributed by atoms with van der Waals surface area (Å²) in [5.41, 5.74) is 1.20. The van der Waals surface area contributed by atoms with Crippen molar-refractivity contribution in [2.45, 2.75) is 25.7 Å². The quantitative estimate of drug-likeness (QED) is 0.776. The molecule has 3 rings (SSSR count). The van der Waals surface area contributed by atoms with Gasteiger partial charge in [0, 0.05) is 18.4 Å². The van der Waals surface area contributed by atoms with Crippen LogP contribution in [0, 0.1) is 12.8 Å². The summed E-state index contributed by atoms with van der Waals surface area (Å²) in [6.45, 7) is 4.18. The van der Waals surface area contributed by atoms with Crippen molar-refractivity contribution in [2.75, 3.05) is 6.61 Å². The Morgan fingerprint density at radius 3 is 2.89 bits per heavy atom. The summed E-state index contributed by atoms with van der Waals surface area (Å²) >= 11 is 0. The number of carbonyl (C=O) groups is 1. The first-order valence-electron chi connectivity index (χ1n) is 6.74. The van der Waals surface area contributed by atoms with E-state index in [0.29, 0.717) is 17.1 Å². The molecule has 1 radical (unpaired) electrons. The fourth-order valence-corrected chi connectivity index (χ4v) is 2.71. The second-order valence-corrected chi connectivity index (χ2v) is 5.19. The Kier molecular flexibility index (Phi) is 3.28. The second kappa shape index (κ2) is 5.08. The van der Waals surface area contributed by atoms with Crippen molar-refractivity contribution in [3.63, 3.8) is 0 Å². The van der Waals surface area contributed by atoms with Gasteiger partial charge in [0.25, 0.3) is 0 Å². The van der Waals surface area contributed by atoms with E-state index in [1.165, 1.54) is 31.9 Å². The predicted molar refractivity (Wildman–Crippen MR) is 73.4 cm³/mol. The molecular formula is C16H17O3. The zero-order valence-corrected chi connectivity index (χ0v) is 10.9. The second-order valence-electron chi connectivity index (χ2n) is 5.19. The first-order valence-corrected chi connectivity index (χ1v) is 6.74. The zero-order chi connectivity index (χ0) is 13.2. The Balaban J connectivity index is 1.76. The number of Topliss-reactive ketones (excluding diaryl/α,β-unsaturated/α-hetero) is 1. The van der Waals surface area contributed by atoms with Crippen LogP contribution >= 0.6 is 0 Å². The first kappa shape index (κ1) is 12.3. The van der Waals surface area contributed by atoms with E-state index in [1.807, 2.05) is 18.2 Å². The van der Waals surface area contributed by atoms with Gasteiger partial charge in [-0.25, -0.2) is 0 Å². The van der Waals surface area contributed by atoms with Gasteiger partial charge in [0.05, 0.1) is 12.2 Å². The van der Waals surface area contributed by atoms with Crippen molar-refractivity contribution in [1.82, 2.24) is 0 Å². The molecule has 1 aliphatic rings. The van der Waals surface area contributed by atoms with Crippen LogP contribution in [-0.2, 0) is 0 Å². The number of furan rings is 1. The number of benzene rings is 1. The van der Waals surface area contributed by atoms with Crippen LogP contribution < -0.4 is 4.74 Å². The van der Waals surface area contributed by atoms with E-state index in [9.17, 15) is 4.79 Å². The van der Waals surface area contributed by atoms with E-state index >= 15 is 0 Å². The molecule has 1 fully saturated rings. The molecule has 0 atom stereocenters. The number of hydrogen-bond donors (Lipinski definition) is 0. The van der Waals surface area contributed by atoms with Gasteiger partial charge in [0.15, 0.2) is 5.78 Å². The fourth-order valence-electron chi connectivity index (χ4n) is 2.71. The highest BCUT2D eigenvalue weighted by molar-refractivity contribution is 6.09. The van der Waals surface area contributed by atoms with Crippen LogP contribution in [0.4, 0.5) is 0 Å². The van der Waals surface area contributed by atoms with Crippen LogP contribution in [0.15, 0.2) is 28.9 Å². The van der Waals surface area contributed by atoms with E-state index in [4.69, 9.17) is 9.15 Å². The van der Waals surface area contributed by atoms with E-state index in [2.05, 4.69) is 6.92 Å². The highest BCUT2D eigenvalue weighted by Gasteiger charge is 2.16. The Hall–Kier alpha value is -1.77. The minimum absolute atomic E-state index is 0.224. The molecule has 0 unspecified atom stereocenters. The summed E-state index contributed by atoms with van der Waals surface area (Å²) in [5.74, 6) is 1.26. The van der Waals surface area contributed by atoms with E-state index in [-0.39, 0.29) is 5.78 Å². The number of ether oxygens (including phenoxy) is 1. The molecule has 1 heterocycles. The zero-order valence-electron chi connectivity index (χ0n) is 10.9. The summed E-state index contributed by atoms with van der Waals surface area (Å²) < 4.78 is 11.2. The highest BCUT2D eigenvalue weighted by atomic mass is 16.5. The lowest BCUT2D eigenvalue weighted by Gasteiger charge is -2.11. The summed E-state index contributed by atoms with van der Waals surface area (Å²) in [7, 11) is 0. The van der Waals surface area contributed by atoms with Gasteiger partial charge in [-0.15, -0.1) is 0 Å². The third-order valence-corrected chi connectivity index (χ3v) is 3.81. The number of fused-ring (bicyclic) bond motifs is 1. The monoisotopic (exact) mass is 257 g/mol. The van der Waals surface area contributed by atoms with Gasteiger partial charge in [0.2, 0.25) is 0 Å². The van der Waals surface area contributed by atoms with E-state index in [1.54, 1.807) is 0 Å². The molecular weight excluding hydrogens is 240 g/mol. The number of carbonyl (C=O) groups excluding carboxylic acids is 1. The lowest BCUT2D eigenvalue weighted by Crippen LogP contribution is -2.07. The van der Waals surface area contributed by atoms with Crippen molar-refractivity contribution in [1.29, 1.82) is 0 Å². The van der Waals surface area contributed by atoms with Crippen molar-refractivity contribution >= 4 is 16.8 Å². The van der Waals surface area contributed by atoms with E-state index in [0.717, 1.165) is 17.7 Å². The molecule has 0 spiro atoms. The summed E-state index contributed by atoms with van der Waals surface area (Å²) in [4.78, 5) is 11.3. The highest BCUT2D eigenvalue weighted by Crippen LogP contribution is 2.28. The molecule has 0 saturated heterocycles. The molecule has 2 aromatic rings. The number of hydrogen-bond acceptors (Lipinski definition) is 3. The molecule has 1 aromatic carbocycles. The normalized spacial score (nSPS) is 16.1. The molecule has 19 heavy (non-hydrogen) atoms. The van der Waals surface area contributed by atoms with Crippen molar-refractivity contribution in [3.05, 3.63) is 36.9 Å². The maximum atomic E-state index is 11.3.